The Labute approximate surface area is 305 Å². The predicted octanol–water partition coefficient (Wildman–Crippen LogP) is 13.0. The molecule has 0 bridgehead atoms. The predicted molar refractivity (Wildman–Crippen MR) is 216 cm³/mol. The van der Waals surface area contributed by atoms with E-state index in [0.29, 0.717) is 6.42 Å². The minimum Gasteiger partial charge on any atom is -0.394 e. The fraction of sp³-hybridized carbons (Fsp3) is 0.756. The summed E-state index contributed by atoms with van der Waals surface area (Å²) in [6.07, 6.45) is 56.0. The molecule has 0 radical (unpaired) electrons. The number of carbonyl (C=O) groups excluding carboxylic acids is 1. The number of amides is 1. The summed E-state index contributed by atoms with van der Waals surface area (Å²) in [5.74, 6) is -0.0885. The van der Waals surface area contributed by atoms with Gasteiger partial charge < -0.3 is 15.5 Å². The minimum atomic E-state index is -0.869. The summed E-state index contributed by atoms with van der Waals surface area (Å²) in [6, 6.07) is -0.647. The number of carbonyl (C=O) groups is 1. The van der Waals surface area contributed by atoms with Crippen LogP contribution in [0.3, 0.4) is 0 Å². The fourth-order valence-electron chi connectivity index (χ4n) is 5.96. The van der Waals surface area contributed by atoms with Crippen LogP contribution in [0.2, 0.25) is 0 Å². The monoisotopic (exact) mass is 684 g/mol. The van der Waals surface area contributed by atoms with Crippen molar-refractivity contribution in [3.8, 4) is 0 Å². The van der Waals surface area contributed by atoms with Crippen LogP contribution < -0.4 is 5.32 Å². The third-order valence-corrected chi connectivity index (χ3v) is 9.22. The highest BCUT2D eigenvalue weighted by Crippen LogP contribution is 2.13. The molecule has 0 heterocycles. The summed E-state index contributed by atoms with van der Waals surface area (Å²) >= 11 is 0. The van der Waals surface area contributed by atoms with E-state index in [1.54, 1.807) is 6.08 Å². The van der Waals surface area contributed by atoms with E-state index < -0.39 is 12.1 Å². The number of hydrogen-bond acceptors (Lipinski definition) is 3. The summed E-state index contributed by atoms with van der Waals surface area (Å²) in [4.78, 5) is 12.4. The Morgan fingerprint density at radius 2 is 0.857 bits per heavy atom. The van der Waals surface area contributed by atoms with Gasteiger partial charge in [0.05, 0.1) is 18.8 Å². The van der Waals surface area contributed by atoms with E-state index >= 15 is 0 Å². The van der Waals surface area contributed by atoms with Gasteiger partial charge in [0.15, 0.2) is 0 Å². The van der Waals surface area contributed by atoms with E-state index in [1.807, 2.05) is 6.08 Å². The van der Waals surface area contributed by atoms with Crippen molar-refractivity contribution in [1.29, 1.82) is 0 Å². The number of allylic oxidation sites excluding steroid dienone is 9. The lowest BCUT2D eigenvalue weighted by molar-refractivity contribution is -0.123. The normalized spacial score (nSPS) is 13.6. The molecule has 0 aromatic carbocycles. The van der Waals surface area contributed by atoms with Crippen molar-refractivity contribution in [3.63, 3.8) is 0 Å². The summed E-state index contributed by atoms with van der Waals surface area (Å²) in [7, 11) is 0. The van der Waals surface area contributed by atoms with Crippen LogP contribution in [0.15, 0.2) is 60.8 Å². The maximum atomic E-state index is 12.4. The molecule has 2 atom stereocenters. The van der Waals surface area contributed by atoms with Crippen LogP contribution in [-0.2, 0) is 4.79 Å². The Balaban J connectivity index is 3.68. The van der Waals surface area contributed by atoms with Crippen molar-refractivity contribution < 1.29 is 15.0 Å². The molecule has 0 rings (SSSR count). The minimum absolute atomic E-state index is 0.0885. The maximum Gasteiger partial charge on any atom is 0.220 e. The Morgan fingerprint density at radius 1 is 0.490 bits per heavy atom. The molecule has 0 saturated carbocycles. The zero-order valence-corrected chi connectivity index (χ0v) is 32.4. The smallest absolute Gasteiger partial charge is 0.220 e. The van der Waals surface area contributed by atoms with E-state index in [9.17, 15) is 15.0 Å². The van der Waals surface area contributed by atoms with Crippen LogP contribution in [0.5, 0.6) is 0 Å². The van der Waals surface area contributed by atoms with E-state index in [4.69, 9.17) is 0 Å². The van der Waals surface area contributed by atoms with Crippen molar-refractivity contribution in [2.24, 2.45) is 0 Å². The maximum absolute atomic E-state index is 12.4. The molecule has 0 aliphatic rings. The quantitative estimate of drug-likeness (QED) is 0.0451. The number of unbranched alkanes of at least 4 members (excludes halogenated alkanes) is 22. The molecule has 49 heavy (non-hydrogen) atoms. The summed E-state index contributed by atoms with van der Waals surface area (Å²) in [5.41, 5.74) is 0. The van der Waals surface area contributed by atoms with Crippen LogP contribution >= 0.6 is 0 Å². The first kappa shape index (κ1) is 47.1. The van der Waals surface area contributed by atoms with Gasteiger partial charge >= 0.3 is 0 Å². The first-order chi connectivity index (χ1) is 24.2. The molecular weight excluding hydrogens is 602 g/mol. The summed E-state index contributed by atoms with van der Waals surface area (Å²) in [5, 5.41) is 23.0. The molecule has 0 spiro atoms. The molecule has 2 unspecified atom stereocenters. The molecule has 0 aliphatic heterocycles. The van der Waals surface area contributed by atoms with Gasteiger partial charge in [-0.2, -0.15) is 0 Å². The SMILES string of the molecule is CCCCC/C=C\C/C=C\C/C=C\CCCCCCCCC(=O)NC(CO)C(O)/C=C/CC/C=C/CCCCCCCCCCCCCC. The Hall–Kier alpha value is -1.91. The molecule has 1 amide bonds. The van der Waals surface area contributed by atoms with E-state index in [1.165, 1.54) is 122 Å². The molecule has 284 valence electrons. The molecule has 0 saturated heterocycles. The van der Waals surface area contributed by atoms with Gasteiger partial charge in [0.2, 0.25) is 5.91 Å². The second-order valence-corrected chi connectivity index (χ2v) is 14.0. The first-order valence-corrected chi connectivity index (χ1v) is 21.0. The highest BCUT2D eigenvalue weighted by Gasteiger charge is 2.17. The van der Waals surface area contributed by atoms with Gasteiger partial charge in [-0.15, -0.1) is 0 Å². The topological polar surface area (TPSA) is 69.6 Å². The second-order valence-electron chi connectivity index (χ2n) is 14.0. The van der Waals surface area contributed by atoms with Crippen LogP contribution in [0.1, 0.15) is 200 Å². The highest BCUT2D eigenvalue weighted by atomic mass is 16.3. The zero-order chi connectivity index (χ0) is 35.7. The van der Waals surface area contributed by atoms with Gasteiger partial charge in [-0.25, -0.2) is 0 Å². The van der Waals surface area contributed by atoms with Crippen molar-refractivity contribution >= 4 is 5.91 Å². The van der Waals surface area contributed by atoms with Crippen molar-refractivity contribution in [1.82, 2.24) is 5.32 Å². The first-order valence-electron chi connectivity index (χ1n) is 21.0. The lowest BCUT2D eigenvalue weighted by atomic mass is 10.0. The van der Waals surface area contributed by atoms with Crippen LogP contribution in [0.25, 0.3) is 0 Å². The summed E-state index contributed by atoms with van der Waals surface area (Å²) in [6.45, 7) is 4.26. The highest BCUT2D eigenvalue weighted by molar-refractivity contribution is 5.76. The fourth-order valence-corrected chi connectivity index (χ4v) is 5.96. The lowest BCUT2D eigenvalue weighted by Crippen LogP contribution is -2.45. The van der Waals surface area contributed by atoms with Gasteiger partial charge in [-0.05, 0) is 70.6 Å². The molecule has 0 aromatic rings. The largest absolute Gasteiger partial charge is 0.394 e. The molecule has 0 fully saturated rings. The molecule has 4 heteroatoms. The second kappa shape index (κ2) is 40.5. The molecule has 0 aromatic heterocycles. The Bertz CT molecular complexity index is 827. The summed E-state index contributed by atoms with van der Waals surface area (Å²) < 4.78 is 0. The van der Waals surface area contributed by atoms with Crippen molar-refractivity contribution in [2.45, 2.75) is 212 Å². The number of aliphatic hydroxyl groups is 2. The van der Waals surface area contributed by atoms with Crippen molar-refractivity contribution in [2.75, 3.05) is 6.61 Å². The lowest BCUT2D eigenvalue weighted by Gasteiger charge is -2.19. The van der Waals surface area contributed by atoms with E-state index in [2.05, 4.69) is 67.8 Å². The molecule has 0 aliphatic carbocycles. The van der Waals surface area contributed by atoms with Crippen LogP contribution in [-0.4, -0.2) is 34.9 Å². The van der Waals surface area contributed by atoms with Gasteiger partial charge in [0.1, 0.15) is 0 Å². The Morgan fingerprint density at radius 3 is 1.37 bits per heavy atom. The number of aliphatic hydroxyl groups excluding tert-OH is 2. The molecule has 3 N–H and O–H groups in total. The van der Waals surface area contributed by atoms with Gasteiger partial charge in [-0.3, -0.25) is 4.79 Å². The number of rotatable bonds is 37. The van der Waals surface area contributed by atoms with Gasteiger partial charge in [-0.1, -0.05) is 184 Å². The third kappa shape index (κ3) is 37.2. The number of hydrogen-bond donors (Lipinski definition) is 3. The standard InChI is InChI=1S/C45H81NO3/c1-3-5-7-9-11-13-15-17-19-21-23-25-27-29-31-33-35-37-39-41-45(49)46-43(42-47)44(48)40-38-36-34-32-30-28-26-24-22-20-18-16-14-12-10-8-6-4-2/h11,13,17,19,23,25,30,32,38,40,43-44,47-48H,3-10,12,14-16,18,20-22,24,26-29,31,33-37,39,41-42H2,1-2H3,(H,46,49)/b13-11-,19-17-,25-23-,32-30+,40-38+. The molecular formula is C45H81NO3. The van der Waals surface area contributed by atoms with Crippen LogP contribution in [0.4, 0.5) is 0 Å². The average molecular weight is 684 g/mol. The third-order valence-electron chi connectivity index (χ3n) is 9.22. The van der Waals surface area contributed by atoms with Crippen LogP contribution in [0, 0.1) is 0 Å². The number of nitrogens with one attached hydrogen (secondary N) is 1. The van der Waals surface area contributed by atoms with Gasteiger partial charge in [0, 0.05) is 6.42 Å². The van der Waals surface area contributed by atoms with E-state index in [-0.39, 0.29) is 12.5 Å². The molecule has 4 nitrogen and oxygen atoms in total. The average Bonchev–Trinajstić information content (AvgIpc) is 3.10. The zero-order valence-electron chi connectivity index (χ0n) is 32.4. The van der Waals surface area contributed by atoms with Gasteiger partial charge in [0.25, 0.3) is 0 Å². The van der Waals surface area contributed by atoms with E-state index in [0.717, 1.165) is 57.8 Å². The Kier molecular flexibility index (Phi) is 38.9. The van der Waals surface area contributed by atoms with Crippen molar-refractivity contribution in [3.05, 3.63) is 60.8 Å².